The number of pyridine rings is 1. The van der Waals surface area contributed by atoms with Crippen molar-refractivity contribution in [2.75, 3.05) is 0 Å². The Hall–Kier alpha value is -1.49. The molecule has 1 N–H and O–H groups in total. The molecule has 2 atom stereocenters. The van der Waals surface area contributed by atoms with Gasteiger partial charge in [0.25, 0.3) is 0 Å². The van der Waals surface area contributed by atoms with Crippen LogP contribution in [0.4, 0.5) is 0 Å². The second-order valence-corrected chi connectivity index (χ2v) is 5.92. The van der Waals surface area contributed by atoms with Gasteiger partial charge in [-0.2, -0.15) is 5.10 Å². The number of nitrogens with one attached hydrogen (secondary N) is 1. The monoisotopic (exact) mass is 288 g/mol. The Bertz CT molecular complexity index is 616. The molecule has 0 amide bonds. The van der Waals surface area contributed by atoms with Crippen molar-refractivity contribution in [3.05, 3.63) is 29.2 Å². The van der Waals surface area contributed by atoms with E-state index in [4.69, 9.17) is 12.2 Å². The van der Waals surface area contributed by atoms with E-state index in [-0.39, 0.29) is 0 Å². The van der Waals surface area contributed by atoms with Crippen LogP contribution < -0.4 is 0 Å². The van der Waals surface area contributed by atoms with Crippen LogP contribution in [-0.4, -0.2) is 19.7 Å². The van der Waals surface area contributed by atoms with Crippen molar-refractivity contribution < 1.29 is 0 Å². The summed E-state index contributed by atoms with van der Waals surface area (Å²) < 4.78 is 2.90. The van der Waals surface area contributed by atoms with Gasteiger partial charge in [-0.3, -0.25) is 14.6 Å². The quantitative estimate of drug-likeness (QED) is 0.863. The summed E-state index contributed by atoms with van der Waals surface area (Å²) in [7, 11) is 0. The molecule has 1 fully saturated rings. The molecule has 1 aliphatic rings. The van der Waals surface area contributed by atoms with Crippen LogP contribution in [0.2, 0.25) is 0 Å². The molecule has 20 heavy (non-hydrogen) atoms. The Balaban J connectivity index is 1.97. The molecule has 0 aliphatic heterocycles. The van der Waals surface area contributed by atoms with Crippen LogP contribution in [0.3, 0.4) is 0 Å². The van der Waals surface area contributed by atoms with Crippen molar-refractivity contribution in [1.29, 1.82) is 0 Å². The van der Waals surface area contributed by atoms with Gasteiger partial charge in [0.1, 0.15) is 5.69 Å². The maximum absolute atomic E-state index is 5.45. The zero-order chi connectivity index (χ0) is 13.9. The number of hydrogen-bond donors (Lipinski definition) is 1. The van der Waals surface area contributed by atoms with Crippen LogP contribution >= 0.6 is 12.2 Å². The standard InChI is InChI=1S/C15H20N4S/c1-2-11-6-5-7-12(10-11)19-14(17-18-15(19)20)13-8-3-4-9-16-13/h3-4,8-9,11-12H,2,5-7,10H2,1H3,(H,18,20). The predicted octanol–water partition coefficient (Wildman–Crippen LogP) is 4.14. The Morgan fingerprint density at radius 3 is 3.05 bits per heavy atom. The highest BCUT2D eigenvalue weighted by molar-refractivity contribution is 7.71. The van der Waals surface area contributed by atoms with Gasteiger partial charge in [0.2, 0.25) is 0 Å². The van der Waals surface area contributed by atoms with Crippen LogP contribution in [0.1, 0.15) is 45.1 Å². The summed E-state index contributed by atoms with van der Waals surface area (Å²) in [6, 6.07) is 6.35. The normalized spacial score (nSPS) is 22.9. The first-order valence-electron chi connectivity index (χ1n) is 7.38. The topological polar surface area (TPSA) is 46.5 Å². The lowest BCUT2D eigenvalue weighted by molar-refractivity contribution is 0.261. The molecule has 0 saturated heterocycles. The van der Waals surface area contributed by atoms with Crippen LogP contribution in [-0.2, 0) is 0 Å². The number of aromatic amines is 1. The number of H-pyrrole nitrogens is 1. The average molecular weight is 288 g/mol. The Kier molecular flexibility index (Phi) is 3.96. The van der Waals surface area contributed by atoms with E-state index in [1.54, 1.807) is 6.20 Å². The minimum Gasteiger partial charge on any atom is -0.296 e. The van der Waals surface area contributed by atoms with E-state index in [2.05, 4.69) is 26.7 Å². The third-order valence-corrected chi connectivity index (χ3v) is 4.58. The molecule has 0 aromatic carbocycles. The summed E-state index contributed by atoms with van der Waals surface area (Å²) in [6.45, 7) is 2.28. The van der Waals surface area contributed by atoms with Gasteiger partial charge in [0, 0.05) is 12.2 Å². The minimum atomic E-state index is 0.456. The van der Waals surface area contributed by atoms with Crippen molar-refractivity contribution in [3.63, 3.8) is 0 Å². The first-order chi connectivity index (χ1) is 9.79. The van der Waals surface area contributed by atoms with Gasteiger partial charge in [-0.15, -0.1) is 0 Å². The highest BCUT2D eigenvalue weighted by atomic mass is 32.1. The van der Waals surface area contributed by atoms with Crippen LogP contribution in [0, 0.1) is 10.7 Å². The second kappa shape index (κ2) is 5.87. The van der Waals surface area contributed by atoms with E-state index < -0.39 is 0 Å². The van der Waals surface area contributed by atoms with Crippen molar-refractivity contribution in [3.8, 4) is 11.5 Å². The molecular weight excluding hydrogens is 268 g/mol. The Labute approximate surface area is 124 Å². The number of hydrogen-bond acceptors (Lipinski definition) is 3. The molecule has 2 heterocycles. The number of nitrogens with zero attached hydrogens (tertiary/aromatic N) is 3. The van der Waals surface area contributed by atoms with Gasteiger partial charge in [-0.05, 0) is 43.1 Å². The molecule has 2 unspecified atom stereocenters. The van der Waals surface area contributed by atoms with Crippen molar-refractivity contribution in [2.45, 2.75) is 45.1 Å². The SMILES string of the molecule is CCC1CCCC(n2c(-c3ccccn3)n[nH]c2=S)C1. The molecule has 2 aromatic rings. The van der Waals surface area contributed by atoms with Gasteiger partial charge in [-0.25, -0.2) is 0 Å². The summed E-state index contributed by atoms with van der Waals surface area (Å²) in [6.07, 6.45) is 8.05. The molecule has 5 heteroatoms. The maximum Gasteiger partial charge on any atom is 0.195 e. The van der Waals surface area contributed by atoms with E-state index in [1.165, 1.54) is 32.1 Å². The van der Waals surface area contributed by atoms with E-state index in [0.29, 0.717) is 10.8 Å². The van der Waals surface area contributed by atoms with Gasteiger partial charge in [-0.1, -0.05) is 32.3 Å². The summed E-state index contributed by atoms with van der Waals surface area (Å²) in [5.74, 6) is 1.68. The summed E-state index contributed by atoms with van der Waals surface area (Å²) in [4.78, 5) is 4.41. The summed E-state index contributed by atoms with van der Waals surface area (Å²) in [5, 5.41) is 7.34. The maximum atomic E-state index is 5.45. The van der Waals surface area contributed by atoms with Crippen molar-refractivity contribution >= 4 is 12.2 Å². The minimum absolute atomic E-state index is 0.456. The van der Waals surface area contributed by atoms with E-state index >= 15 is 0 Å². The Morgan fingerprint density at radius 1 is 1.40 bits per heavy atom. The fraction of sp³-hybridized carbons (Fsp3) is 0.533. The van der Waals surface area contributed by atoms with Gasteiger partial charge in [0.15, 0.2) is 10.6 Å². The highest BCUT2D eigenvalue weighted by Gasteiger charge is 2.25. The third-order valence-electron chi connectivity index (χ3n) is 4.30. The van der Waals surface area contributed by atoms with Crippen molar-refractivity contribution in [2.24, 2.45) is 5.92 Å². The third kappa shape index (κ3) is 2.54. The van der Waals surface area contributed by atoms with Crippen molar-refractivity contribution in [1.82, 2.24) is 19.7 Å². The number of aromatic nitrogens is 4. The van der Waals surface area contributed by atoms with Gasteiger partial charge < -0.3 is 0 Å². The molecule has 3 rings (SSSR count). The predicted molar refractivity (Wildman–Crippen MR) is 81.9 cm³/mol. The van der Waals surface area contributed by atoms with Crippen LogP contribution in [0.15, 0.2) is 24.4 Å². The zero-order valence-electron chi connectivity index (χ0n) is 11.7. The smallest absolute Gasteiger partial charge is 0.195 e. The molecule has 1 saturated carbocycles. The van der Waals surface area contributed by atoms with Crippen LogP contribution in [0.5, 0.6) is 0 Å². The zero-order valence-corrected chi connectivity index (χ0v) is 12.6. The first kappa shape index (κ1) is 13.5. The number of rotatable bonds is 3. The molecule has 1 aliphatic carbocycles. The highest BCUT2D eigenvalue weighted by Crippen LogP contribution is 2.36. The molecule has 4 nitrogen and oxygen atoms in total. The van der Waals surface area contributed by atoms with Crippen LogP contribution in [0.25, 0.3) is 11.5 Å². The fourth-order valence-electron chi connectivity index (χ4n) is 3.19. The largest absolute Gasteiger partial charge is 0.296 e. The lowest BCUT2D eigenvalue weighted by Crippen LogP contribution is -2.20. The fourth-order valence-corrected chi connectivity index (χ4v) is 3.47. The summed E-state index contributed by atoms with van der Waals surface area (Å²) >= 11 is 5.45. The van der Waals surface area contributed by atoms with Gasteiger partial charge >= 0.3 is 0 Å². The van der Waals surface area contributed by atoms with E-state index in [1.807, 2.05) is 18.2 Å². The Morgan fingerprint density at radius 2 is 2.30 bits per heavy atom. The first-order valence-corrected chi connectivity index (χ1v) is 7.78. The average Bonchev–Trinajstić information content (AvgIpc) is 2.90. The molecule has 2 aromatic heterocycles. The molecule has 0 bridgehead atoms. The van der Waals surface area contributed by atoms with Gasteiger partial charge in [0.05, 0.1) is 0 Å². The second-order valence-electron chi connectivity index (χ2n) is 5.53. The molecule has 106 valence electrons. The lowest BCUT2D eigenvalue weighted by atomic mass is 9.84. The van der Waals surface area contributed by atoms with E-state index in [0.717, 1.165) is 17.4 Å². The molecule has 0 spiro atoms. The summed E-state index contributed by atoms with van der Waals surface area (Å²) in [5.41, 5.74) is 0.887. The molecular formula is C15H20N4S. The lowest BCUT2D eigenvalue weighted by Gasteiger charge is -2.29. The van der Waals surface area contributed by atoms with E-state index in [9.17, 15) is 0 Å². The molecule has 0 radical (unpaired) electrons.